The number of piperidine rings is 1. The molecule has 1 aliphatic heterocycles. The number of ether oxygens (including phenoxy) is 1. The number of anilines is 2. The maximum absolute atomic E-state index is 5.78. The van der Waals surface area contributed by atoms with Crippen LogP contribution < -0.4 is 10.6 Å². The Balaban J connectivity index is 1.84. The van der Waals surface area contributed by atoms with Crippen LogP contribution in [0.2, 0.25) is 0 Å². The predicted molar refractivity (Wildman–Crippen MR) is 78.4 cm³/mol. The van der Waals surface area contributed by atoms with Crippen LogP contribution in [0.5, 0.6) is 0 Å². The summed E-state index contributed by atoms with van der Waals surface area (Å²) in [5, 5.41) is 1.09. The smallest absolute Gasteiger partial charge is 0.129 e. The van der Waals surface area contributed by atoms with Crippen LogP contribution in [-0.2, 0) is 4.74 Å². The van der Waals surface area contributed by atoms with Crippen LogP contribution in [0.3, 0.4) is 0 Å². The van der Waals surface area contributed by atoms with Gasteiger partial charge in [0.1, 0.15) is 5.82 Å². The van der Waals surface area contributed by atoms with E-state index in [0.29, 0.717) is 6.10 Å². The van der Waals surface area contributed by atoms with Crippen molar-refractivity contribution in [3.8, 4) is 0 Å². The highest BCUT2D eigenvalue weighted by molar-refractivity contribution is 5.83. The van der Waals surface area contributed by atoms with Gasteiger partial charge in [-0.1, -0.05) is 0 Å². The van der Waals surface area contributed by atoms with Crippen molar-refractivity contribution in [3.63, 3.8) is 0 Å². The molecule has 4 heteroatoms. The van der Waals surface area contributed by atoms with Gasteiger partial charge in [-0.05, 0) is 43.2 Å². The molecule has 0 amide bonds. The summed E-state index contributed by atoms with van der Waals surface area (Å²) >= 11 is 0. The highest BCUT2D eigenvalue weighted by atomic mass is 16.5. The highest BCUT2D eigenvalue weighted by Crippen LogP contribution is 2.23. The number of rotatable bonds is 2. The van der Waals surface area contributed by atoms with E-state index in [1.54, 1.807) is 7.11 Å². The molecule has 2 heterocycles. The Kier molecular flexibility index (Phi) is 3.25. The number of nitrogens with two attached hydrogens (primary N) is 1. The van der Waals surface area contributed by atoms with E-state index >= 15 is 0 Å². The molecule has 1 fully saturated rings. The summed E-state index contributed by atoms with van der Waals surface area (Å²) in [5.41, 5.74) is 7.56. The topological polar surface area (TPSA) is 51.4 Å². The van der Waals surface area contributed by atoms with Crippen LogP contribution in [0.25, 0.3) is 10.9 Å². The van der Waals surface area contributed by atoms with Crippen LogP contribution in [-0.4, -0.2) is 31.3 Å². The lowest BCUT2D eigenvalue weighted by atomic mass is 10.1. The first-order chi connectivity index (χ1) is 9.26. The van der Waals surface area contributed by atoms with Crippen LogP contribution in [0.1, 0.15) is 12.8 Å². The van der Waals surface area contributed by atoms with E-state index in [2.05, 4.69) is 17.0 Å². The Labute approximate surface area is 113 Å². The zero-order valence-corrected chi connectivity index (χ0v) is 11.2. The molecule has 0 radical (unpaired) electrons. The zero-order valence-electron chi connectivity index (χ0n) is 11.2. The second-order valence-corrected chi connectivity index (χ2v) is 5.04. The van der Waals surface area contributed by atoms with Gasteiger partial charge < -0.3 is 15.4 Å². The second-order valence-electron chi connectivity index (χ2n) is 5.04. The number of fused-ring (bicyclic) bond motifs is 1. The third kappa shape index (κ3) is 2.49. The second kappa shape index (κ2) is 5.05. The van der Waals surface area contributed by atoms with Crippen LogP contribution >= 0.6 is 0 Å². The Morgan fingerprint density at radius 1 is 1.21 bits per heavy atom. The van der Waals surface area contributed by atoms with Gasteiger partial charge in [0, 0.05) is 31.3 Å². The minimum atomic E-state index is 0.400. The minimum absolute atomic E-state index is 0.400. The fourth-order valence-corrected chi connectivity index (χ4v) is 2.63. The van der Waals surface area contributed by atoms with Gasteiger partial charge in [-0.3, -0.25) is 0 Å². The molecular formula is C15H19N3O. The van der Waals surface area contributed by atoms with Crippen LogP contribution in [0.15, 0.2) is 30.3 Å². The number of hydrogen-bond acceptors (Lipinski definition) is 4. The van der Waals surface area contributed by atoms with Gasteiger partial charge in [0.2, 0.25) is 0 Å². The normalized spacial score (nSPS) is 17.0. The number of aromatic nitrogens is 1. The summed E-state index contributed by atoms with van der Waals surface area (Å²) in [6, 6.07) is 10.0. The maximum Gasteiger partial charge on any atom is 0.129 e. The van der Waals surface area contributed by atoms with Crippen molar-refractivity contribution in [1.29, 1.82) is 0 Å². The third-order valence-electron chi connectivity index (χ3n) is 3.80. The number of benzene rings is 1. The summed E-state index contributed by atoms with van der Waals surface area (Å²) < 4.78 is 5.40. The summed E-state index contributed by atoms with van der Waals surface area (Å²) in [4.78, 5) is 7.05. The van der Waals surface area contributed by atoms with Gasteiger partial charge in [0.05, 0.1) is 11.6 Å². The first-order valence-electron chi connectivity index (χ1n) is 6.70. The molecule has 2 N–H and O–H groups in total. The molecule has 19 heavy (non-hydrogen) atoms. The average molecular weight is 257 g/mol. The quantitative estimate of drug-likeness (QED) is 0.839. The van der Waals surface area contributed by atoms with Crippen molar-refractivity contribution >= 4 is 22.4 Å². The molecule has 0 spiro atoms. The van der Waals surface area contributed by atoms with Gasteiger partial charge in [-0.15, -0.1) is 0 Å². The van der Waals surface area contributed by atoms with Gasteiger partial charge in [-0.2, -0.15) is 0 Å². The zero-order chi connectivity index (χ0) is 13.2. The largest absolute Gasteiger partial charge is 0.399 e. The van der Waals surface area contributed by atoms with Gasteiger partial charge in [0.15, 0.2) is 0 Å². The molecule has 0 bridgehead atoms. The predicted octanol–water partition coefficient (Wildman–Crippen LogP) is 2.43. The Morgan fingerprint density at radius 3 is 2.74 bits per heavy atom. The molecule has 0 saturated carbocycles. The van der Waals surface area contributed by atoms with E-state index < -0.39 is 0 Å². The lowest BCUT2D eigenvalue weighted by molar-refractivity contribution is 0.0818. The molecule has 3 rings (SSSR count). The van der Waals surface area contributed by atoms with E-state index in [4.69, 9.17) is 15.5 Å². The SMILES string of the molecule is COC1CCN(c2ccc3cc(N)ccc3n2)CC1. The van der Waals surface area contributed by atoms with Crippen molar-refractivity contribution in [3.05, 3.63) is 30.3 Å². The van der Waals surface area contributed by atoms with E-state index in [9.17, 15) is 0 Å². The summed E-state index contributed by atoms with van der Waals surface area (Å²) in [6.45, 7) is 2.01. The first-order valence-corrected chi connectivity index (χ1v) is 6.70. The number of methoxy groups -OCH3 is 1. The monoisotopic (exact) mass is 257 g/mol. The lowest BCUT2D eigenvalue weighted by Gasteiger charge is -2.32. The first kappa shape index (κ1) is 12.2. The third-order valence-corrected chi connectivity index (χ3v) is 3.80. The molecule has 1 saturated heterocycles. The fraction of sp³-hybridized carbons (Fsp3) is 0.400. The molecular weight excluding hydrogens is 238 g/mol. The summed E-state index contributed by atoms with van der Waals surface area (Å²) in [7, 11) is 1.79. The Bertz CT molecular complexity index is 577. The molecule has 2 aromatic rings. The molecule has 1 aromatic heterocycles. The molecule has 0 atom stereocenters. The number of pyridine rings is 1. The van der Waals surface area contributed by atoms with Crippen molar-refractivity contribution in [2.24, 2.45) is 0 Å². The minimum Gasteiger partial charge on any atom is -0.399 e. The molecule has 100 valence electrons. The number of hydrogen-bond donors (Lipinski definition) is 1. The highest BCUT2D eigenvalue weighted by Gasteiger charge is 2.19. The van der Waals surface area contributed by atoms with Gasteiger partial charge in [-0.25, -0.2) is 4.98 Å². The van der Waals surface area contributed by atoms with Crippen molar-refractivity contribution in [2.45, 2.75) is 18.9 Å². The average Bonchev–Trinajstić information content (AvgIpc) is 2.47. The number of nitrogens with zero attached hydrogens (tertiary/aromatic N) is 2. The lowest BCUT2D eigenvalue weighted by Crippen LogP contribution is -2.37. The van der Waals surface area contributed by atoms with Gasteiger partial charge >= 0.3 is 0 Å². The van der Waals surface area contributed by atoms with Crippen LogP contribution in [0, 0.1) is 0 Å². The van der Waals surface area contributed by atoms with Crippen molar-refractivity contribution < 1.29 is 4.74 Å². The van der Waals surface area contributed by atoms with E-state index in [1.807, 2.05) is 18.2 Å². The van der Waals surface area contributed by atoms with Gasteiger partial charge in [0.25, 0.3) is 0 Å². The summed E-state index contributed by atoms with van der Waals surface area (Å²) in [5.74, 6) is 1.05. The molecule has 1 aromatic carbocycles. The molecule has 4 nitrogen and oxygen atoms in total. The number of nitrogen functional groups attached to an aromatic ring is 1. The fourth-order valence-electron chi connectivity index (χ4n) is 2.63. The molecule has 0 aliphatic carbocycles. The van der Waals surface area contributed by atoms with E-state index in [1.165, 1.54) is 0 Å². The Hall–Kier alpha value is -1.81. The van der Waals surface area contributed by atoms with E-state index in [0.717, 1.165) is 48.3 Å². The standard InChI is InChI=1S/C15H19N3O/c1-19-13-6-8-18(9-7-13)15-5-2-11-10-12(16)3-4-14(11)17-15/h2-5,10,13H,6-9,16H2,1H3. The molecule has 1 aliphatic rings. The van der Waals surface area contributed by atoms with Crippen molar-refractivity contribution in [2.75, 3.05) is 30.8 Å². The summed E-state index contributed by atoms with van der Waals surface area (Å²) in [6.07, 6.45) is 2.53. The van der Waals surface area contributed by atoms with Crippen molar-refractivity contribution in [1.82, 2.24) is 4.98 Å². The maximum atomic E-state index is 5.78. The van der Waals surface area contributed by atoms with E-state index in [-0.39, 0.29) is 0 Å². The Morgan fingerprint density at radius 2 is 2.00 bits per heavy atom. The molecule has 0 unspecified atom stereocenters. The van der Waals surface area contributed by atoms with Crippen LogP contribution in [0.4, 0.5) is 11.5 Å².